The Balaban J connectivity index is 1.70. The van der Waals surface area contributed by atoms with Crippen molar-refractivity contribution in [3.63, 3.8) is 0 Å². The van der Waals surface area contributed by atoms with Crippen LogP contribution in [0.2, 0.25) is 0 Å². The second-order valence-electron chi connectivity index (χ2n) is 6.45. The minimum Gasteiger partial charge on any atom is -0.444 e. The minimum absolute atomic E-state index is 0.180. The third-order valence-corrected chi connectivity index (χ3v) is 3.35. The number of ether oxygens (including phenoxy) is 1. The van der Waals surface area contributed by atoms with Crippen LogP contribution in [0.1, 0.15) is 45.7 Å². The fraction of sp³-hybridized carbons (Fsp3) is 0.667. The van der Waals surface area contributed by atoms with Crippen LogP contribution in [-0.2, 0) is 11.3 Å². The van der Waals surface area contributed by atoms with Gasteiger partial charge in [-0.1, -0.05) is 0 Å². The largest absolute Gasteiger partial charge is 0.444 e. The van der Waals surface area contributed by atoms with E-state index in [2.05, 4.69) is 20.8 Å². The number of amides is 1. The predicted molar refractivity (Wildman–Crippen MR) is 79.7 cm³/mol. The molecule has 0 saturated heterocycles. The van der Waals surface area contributed by atoms with E-state index >= 15 is 0 Å². The summed E-state index contributed by atoms with van der Waals surface area (Å²) in [7, 11) is 0. The maximum absolute atomic E-state index is 11.7. The zero-order chi connectivity index (χ0) is 15.3. The normalized spacial score (nSPS) is 22.0. The van der Waals surface area contributed by atoms with Gasteiger partial charge in [-0.05, 0) is 52.2 Å². The summed E-state index contributed by atoms with van der Waals surface area (Å²) >= 11 is 0. The molecule has 1 aliphatic carbocycles. The number of hydrogen-bond donors (Lipinski definition) is 2. The van der Waals surface area contributed by atoms with Gasteiger partial charge in [0.15, 0.2) is 0 Å². The second kappa shape index (κ2) is 6.85. The topological polar surface area (TPSA) is 76.1 Å². The molecule has 1 aliphatic rings. The highest BCUT2D eigenvalue weighted by atomic mass is 16.6. The van der Waals surface area contributed by atoms with E-state index in [9.17, 15) is 4.79 Å². The number of aromatic nitrogens is 2. The van der Waals surface area contributed by atoms with Crippen molar-refractivity contribution in [1.29, 1.82) is 0 Å². The second-order valence-corrected chi connectivity index (χ2v) is 6.45. The molecule has 1 heterocycles. The molecule has 2 N–H and O–H groups in total. The number of hydrogen-bond acceptors (Lipinski definition) is 5. The lowest BCUT2D eigenvalue weighted by atomic mass is 10.2. The fourth-order valence-electron chi connectivity index (χ4n) is 2.45. The van der Waals surface area contributed by atoms with Gasteiger partial charge in [0.05, 0.1) is 5.69 Å². The first-order chi connectivity index (χ1) is 9.92. The highest BCUT2D eigenvalue weighted by molar-refractivity contribution is 5.68. The van der Waals surface area contributed by atoms with Crippen molar-refractivity contribution in [2.45, 2.75) is 64.3 Å². The Morgan fingerprint density at radius 3 is 2.81 bits per heavy atom. The molecule has 1 fully saturated rings. The number of carbonyl (C=O) groups is 1. The van der Waals surface area contributed by atoms with E-state index in [1.54, 1.807) is 6.20 Å². The lowest BCUT2D eigenvalue weighted by molar-refractivity contribution is 0.0505. The molecule has 1 saturated carbocycles. The van der Waals surface area contributed by atoms with Gasteiger partial charge in [0.1, 0.15) is 5.60 Å². The molecule has 2 atom stereocenters. The quantitative estimate of drug-likeness (QED) is 0.888. The van der Waals surface area contributed by atoms with Crippen molar-refractivity contribution >= 4 is 6.09 Å². The lowest BCUT2D eigenvalue weighted by Crippen LogP contribution is -2.39. The van der Waals surface area contributed by atoms with E-state index in [1.165, 1.54) is 0 Å². The van der Waals surface area contributed by atoms with Gasteiger partial charge < -0.3 is 15.4 Å². The van der Waals surface area contributed by atoms with Crippen molar-refractivity contribution in [3.05, 3.63) is 24.0 Å². The summed E-state index contributed by atoms with van der Waals surface area (Å²) in [4.78, 5) is 11.7. The SMILES string of the molecule is CC(C)(C)OC(=O)NC1CCC(NCc2cccnn2)C1. The first-order valence-corrected chi connectivity index (χ1v) is 7.42. The molecule has 2 rings (SSSR count). The van der Waals surface area contributed by atoms with Gasteiger partial charge in [-0.2, -0.15) is 10.2 Å². The molecule has 1 amide bonds. The molecule has 0 bridgehead atoms. The van der Waals surface area contributed by atoms with E-state index in [-0.39, 0.29) is 12.1 Å². The predicted octanol–water partition coefficient (Wildman–Crippen LogP) is 2.01. The highest BCUT2D eigenvalue weighted by Crippen LogP contribution is 2.20. The third-order valence-electron chi connectivity index (χ3n) is 3.35. The molecule has 2 unspecified atom stereocenters. The number of alkyl carbamates (subject to hydrolysis) is 1. The standard InChI is InChI=1S/C15H24N4O2/c1-15(2,3)21-14(20)18-12-7-6-11(9-12)16-10-13-5-4-8-17-19-13/h4-5,8,11-12,16H,6-7,9-10H2,1-3H3,(H,18,20). The number of nitrogens with zero attached hydrogens (tertiary/aromatic N) is 2. The molecule has 0 aliphatic heterocycles. The average molecular weight is 292 g/mol. The Morgan fingerprint density at radius 2 is 2.14 bits per heavy atom. The summed E-state index contributed by atoms with van der Waals surface area (Å²) < 4.78 is 5.28. The van der Waals surface area contributed by atoms with Crippen LogP contribution in [0.4, 0.5) is 4.79 Å². The van der Waals surface area contributed by atoms with Crippen molar-refractivity contribution < 1.29 is 9.53 Å². The molecule has 0 aromatic carbocycles. The zero-order valence-corrected chi connectivity index (χ0v) is 12.9. The van der Waals surface area contributed by atoms with E-state index < -0.39 is 5.60 Å². The number of carbonyl (C=O) groups excluding carboxylic acids is 1. The van der Waals surface area contributed by atoms with Crippen LogP contribution in [0.25, 0.3) is 0 Å². The van der Waals surface area contributed by atoms with Crippen molar-refractivity contribution in [2.24, 2.45) is 0 Å². The van der Waals surface area contributed by atoms with Gasteiger partial charge in [0.25, 0.3) is 0 Å². The molecular weight excluding hydrogens is 268 g/mol. The molecular formula is C15H24N4O2. The monoisotopic (exact) mass is 292 g/mol. The third kappa shape index (κ3) is 5.67. The molecule has 6 heteroatoms. The molecule has 21 heavy (non-hydrogen) atoms. The van der Waals surface area contributed by atoms with Crippen LogP contribution in [0, 0.1) is 0 Å². The molecule has 116 valence electrons. The highest BCUT2D eigenvalue weighted by Gasteiger charge is 2.27. The fourth-order valence-corrected chi connectivity index (χ4v) is 2.45. The Morgan fingerprint density at radius 1 is 1.38 bits per heavy atom. The van der Waals surface area contributed by atoms with Gasteiger partial charge in [0, 0.05) is 24.8 Å². The molecule has 1 aromatic heterocycles. The molecule has 1 aromatic rings. The van der Waals surface area contributed by atoms with Crippen molar-refractivity contribution in [1.82, 2.24) is 20.8 Å². The van der Waals surface area contributed by atoms with Gasteiger partial charge in [-0.15, -0.1) is 0 Å². The van der Waals surface area contributed by atoms with Gasteiger partial charge in [-0.3, -0.25) is 0 Å². The first-order valence-electron chi connectivity index (χ1n) is 7.42. The Labute approximate surface area is 125 Å². The zero-order valence-electron chi connectivity index (χ0n) is 12.9. The molecule has 6 nitrogen and oxygen atoms in total. The van der Waals surface area contributed by atoms with Crippen LogP contribution < -0.4 is 10.6 Å². The van der Waals surface area contributed by atoms with E-state index in [4.69, 9.17) is 4.74 Å². The summed E-state index contributed by atoms with van der Waals surface area (Å²) in [6.45, 7) is 6.31. The van der Waals surface area contributed by atoms with E-state index in [1.807, 2.05) is 32.9 Å². The average Bonchev–Trinajstić information content (AvgIpc) is 2.83. The van der Waals surface area contributed by atoms with Gasteiger partial charge in [0.2, 0.25) is 0 Å². The summed E-state index contributed by atoms with van der Waals surface area (Å²) in [5.74, 6) is 0. The Bertz CT molecular complexity index is 458. The maximum Gasteiger partial charge on any atom is 0.407 e. The lowest BCUT2D eigenvalue weighted by Gasteiger charge is -2.21. The Kier molecular flexibility index (Phi) is 5.12. The molecule has 0 radical (unpaired) electrons. The minimum atomic E-state index is -0.452. The van der Waals surface area contributed by atoms with Crippen LogP contribution in [0.15, 0.2) is 18.3 Å². The summed E-state index contributed by atoms with van der Waals surface area (Å²) in [6, 6.07) is 4.41. The number of nitrogens with one attached hydrogen (secondary N) is 2. The van der Waals surface area contributed by atoms with Crippen LogP contribution in [0.3, 0.4) is 0 Å². The summed E-state index contributed by atoms with van der Waals surface area (Å²) in [6.07, 6.45) is 4.26. The molecule has 0 spiro atoms. The van der Waals surface area contributed by atoms with Crippen LogP contribution in [0.5, 0.6) is 0 Å². The van der Waals surface area contributed by atoms with Crippen LogP contribution >= 0.6 is 0 Å². The van der Waals surface area contributed by atoms with Gasteiger partial charge >= 0.3 is 6.09 Å². The van der Waals surface area contributed by atoms with E-state index in [0.29, 0.717) is 12.6 Å². The van der Waals surface area contributed by atoms with Crippen molar-refractivity contribution in [3.8, 4) is 0 Å². The van der Waals surface area contributed by atoms with E-state index in [0.717, 1.165) is 25.0 Å². The Hall–Kier alpha value is -1.69. The van der Waals surface area contributed by atoms with Crippen LogP contribution in [-0.4, -0.2) is 34.0 Å². The summed E-state index contributed by atoms with van der Waals surface area (Å²) in [5.41, 5.74) is 0.479. The smallest absolute Gasteiger partial charge is 0.407 e. The van der Waals surface area contributed by atoms with Crippen molar-refractivity contribution in [2.75, 3.05) is 0 Å². The number of rotatable bonds is 4. The summed E-state index contributed by atoms with van der Waals surface area (Å²) in [5, 5.41) is 14.3. The maximum atomic E-state index is 11.7. The van der Waals surface area contributed by atoms with Gasteiger partial charge in [-0.25, -0.2) is 4.79 Å². The first kappa shape index (κ1) is 15.7.